The maximum Gasteiger partial charge on any atom is 0.409 e. The second-order valence-electron chi connectivity index (χ2n) is 8.12. The Bertz CT molecular complexity index is 1110. The monoisotopic (exact) mass is 478 g/mol. The third-order valence-electron chi connectivity index (χ3n) is 5.76. The number of benzene rings is 1. The van der Waals surface area contributed by atoms with Crippen molar-refractivity contribution in [2.24, 2.45) is 5.92 Å². The normalized spacial score (nSPS) is 19.3. The van der Waals surface area contributed by atoms with Crippen LogP contribution in [0.15, 0.2) is 29.2 Å². The SMILES string of the molecule is COC(=O)N1CCc2nc(NC(=O)c3ccc(S(=O)(=O)N4CCCC(C)C4)cc3)sc2C1. The number of rotatable bonds is 4. The Labute approximate surface area is 191 Å². The van der Waals surface area contributed by atoms with Crippen LogP contribution in [-0.2, 0) is 27.7 Å². The number of fused-ring (bicyclic) bond motifs is 1. The Morgan fingerprint density at radius 3 is 2.66 bits per heavy atom. The Morgan fingerprint density at radius 1 is 1.22 bits per heavy atom. The largest absolute Gasteiger partial charge is 0.453 e. The molecule has 32 heavy (non-hydrogen) atoms. The van der Waals surface area contributed by atoms with E-state index in [1.165, 1.54) is 47.0 Å². The molecule has 1 N–H and O–H groups in total. The first kappa shape index (κ1) is 22.7. The van der Waals surface area contributed by atoms with E-state index in [-0.39, 0.29) is 16.9 Å². The molecule has 0 saturated carbocycles. The molecule has 11 heteroatoms. The zero-order chi connectivity index (χ0) is 22.9. The summed E-state index contributed by atoms with van der Waals surface area (Å²) in [7, 11) is -2.22. The molecule has 2 aliphatic rings. The van der Waals surface area contributed by atoms with Gasteiger partial charge in [0.25, 0.3) is 5.91 Å². The van der Waals surface area contributed by atoms with Gasteiger partial charge in [0.15, 0.2) is 5.13 Å². The molecule has 2 aliphatic heterocycles. The van der Waals surface area contributed by atoms with E-state index in [0.29, 0.717) is 49.2 Å². The van der Waals surface area contributed by atoms with Crippen LogP contribution in [0.5, 0.6) is 0 Å². The van der Waals surface area contributed by atoms with Crippen LogP contribution >= 0.6 is 11.3 Å². The van der Waals surface area contributed by atoms with Gasteiger partial charge in [-0.3, -0.25) is 10.1 Å². The predicted octanol–water partition coefficient (Wildman–Crippen LogP) is 2.94. The second kappa shape index (κ2) is 9.16. The van der Waals surface area contributed by atoms with Gasteiger partial charge in [0.05, 0.1) is 24.2 Å². The van der Waals surface area contributed by atoms with Gasteiger partial charge in [-0.25, -0.2) is 18.2 Å². The highest BCUT2D eigenvalue weighted by atomic mass is 32.2. The Morgan fingerprint density at radius 2 is 1.97 bits per heavy atom. The number of hydrogen-bond donors (Lipinski definition) is 1. The van der Waals surface area contributed by atoms with Crippen LogP contribution in [-0.4, -0.2) is 61.4 Å². The van der Waals surface area contributed by atoms with Crippen molar-refractivity contribution >= 4 is 38.5 Å². The molecule has 1 atom stereocenters. The molecular formula is C21H26N4O5S2. The minimum atomic E-state index is -3.56. The van der Waals surface area contributed by atoms with Crippen molar-refractivity contribution in [1.82, 2.24) is 14.2 Å². The lowest BCUT2D eigenvalue weighted by molar-refractivity contribution is 0.102. The van der Waals surface area contributed by atoms with Gasteiger partial charge in [-0.1, -0.05) is 18.3 Å². The molecule has 0 aliphatic carbocycles. The molecule has 1 fully saturated rings. The van der Waals surface area contributed by atoms with Crippen LogP contribution < -0.4 is 5.32 Å². The van der Waals surface area contributed by atoms with Crippen molar-refractivity contribution < 1.29 is 22.7 Å². The fourth-order valence-corrected chi connectivity index (χ4v) is 6.61. The van der Waals surface area contributed by atoms with Crippen LogP contribution in [0.4, 0.5) is 9.93 Å². The minimum absolute atomic E-state index is 0.191. The first-order chi connectivity index (χ1) is 15.3. The highest BCUT2D eigenvalue weighted by molar-refractivity contribution is 7.89. The maximum atomic E-state index is 12.9. The maximum absolute atomic E-state index is 12.9. The highest BCUT2D eigenvalue weighted by Gasteiger charge is 2.29. The number of thiazole rings is 1. The van der Waals surface area contributed by atoms with Gasteiger partial charge in [0, 0.05) is 36.5 Å². The average molecular weight is 479 g/mol. The van der Waals surface area contributed by atoms with Crippen molar-refractivity contribution in [1.29, 1.82) is 0 Å². The van der Waals surface area contributed by atoms with E-state index in [1.54, 1.807) is 4.90 Å². The number of nitrogens with one attached hydrogen (secondary N) is 1. The fourth-order valence-electron chi connectivity index (χ4n) is 4.00. The number of amides is 2. The van der Waals surface area contributed by atoms with Gasteiger partial charge in [-0.15, -0.1) is 0 Å². The predicted molar refractivity (Wildman–Crippen MR) is 120 cm³/mol. The number of carbonyl (C=O) groups is 2. The van der Waals surface area contributed by atoms with Crippen LogP contribution in [0.1, 0.15) is 40.7 Å². The number of sulfonamides is 1. The Balaban J connectivity index is 1.43. The standard InChI is InChI=1S/C21H26N4O5S2/c1-14-4-3-10-25(12-14)32(28,29)16-7-5-15(6-8-16)19(26)23-20-22-17-9-11-24(21(27)30-2)13-18(17)31-20/h5-8,14H,3-4,9-13H2,1-2H3,(H,22,23,26). The molecule has 0 spiro atoms. The van der Waals surface area contributed by atoms with Gasteiger partial charge >= 0.3 is 6.09 Å². The molecule has 4 rings (SSSR count). The number of carbonyl (C=O) groups excluding carboxylic acids is 2. The van der Waals surface area contributed by atoms with E-state index in [4.69, 9.17) is 4.74 Å². The lowest BCUT2D eigenvalue weighted by atomic mass is 10.0. The molecule has 1 aromatic heterocycles. The molecule has 1 aromatic carbocycles. The minimum Gasteiger partial charge on any atom is -0.453 e. The van der Waals surface area contributed by atoms with Crippen molar-refractivity contribution in [3.8, 4) is 0 Å². The van der Waals surface area contributed by atoms with Gasteiger partial charge < -0.3 is 9.64 Å². The van der Waals surface area contributed by atoms with Crippen molar-refractivity contribution in [2.45, 2.75) is 37.6 Å². The number of anilines is 1. The summed E-state index contributed by atoms with van der Waals surface area (Å²) >= 11 is 1.32. The summed E-state index contributed by atoms with van der Waals surface area (Å²) in [5.74, 6) is -0.0242. The van der Waals surface area contributed by atoms with Gasteiger partial charge in [0.2, 0.25) is 10.0 Å². The van der Waals surface area contributed by atoms with Crippen molar-refractivity contribution in [3.63, 3.8) is 0 Å². The van der Waals surface area contributed by atoms with Crippen LogP contribution in [0.2, 0.25) is 0 Å². The summed E-state index contributed by atoms with van der Waals surface area (Å²) in [5.41, 5.74) is 1.21. The molecule has 1 unspecified atom stereocenters. The van der Waals surface area contributed by atoms with Gasteiger partial charge in [0.1, 0.15) is 0 Å². The zero-order valence-electron chi connectivity index (χ0n) is 18.0. The summed E-state index contributed by atoms with van der Waals surface area (Å²) < 4.78 is 32.1. The number of ether oxygens (including phenoxy) is 1. The van der Waals surface area contributed by atoms with Gasteiger partial charge in [-0.2, -0.15) is 4.31 Å². The molecule has 9 nitrogen and oxygen atoms in total. The first-order valence-corrected chi connectivity index (χ1v) is 12.8. The molecule has 1 saturated heterocycles. The number of aromatic nitrogens is 1. The third kappa shape index (κ3) is 4.64. The number of nitrogens with zero attached hydrogens (tertiary/aromatic N) is 3. The zero-order valence-corrected chi connectivity index (χ0v) is 19.7. The number of piperidine rings is 1. The molecule has 0 radical (unpaired) electrons. The summed E-state index contributed by atoms with van der Waals surface area (Å²) in [4.78, 5) is 31.6. The molecule has 172 valence electrons. The summed E-state index contributed by atoms with van der Waals surface area (Å²) in [5, 5.41) is 3.22. The first-order valence-electron chi connectivity index (χ1n) is 10.5. The Kier molecular flexibility index (Phi) is 6.50. The van der Waals surface area contributed by atoms with Crippen LogP contribution in [0.3, 0.4) is 0 Å². The third-order valence-corrected chi connectivity index (χ3v) is 8.64. The average Bonchev–Trinajstić information content (AvgIpc) is 3.20. The fraction of sp³-hybridized carbons (Fsp3) is 0.476. The molecule has 0 bridgehead atoms. The second-order valence-corrected chi connectivity index (χ2v) is 11.1. The number of hydrogen-bond acceptors (Lipinski definition) is 7. The van der Waals surface area contributed by atoms with E-state index in [1.807, 2.05) is 0 Å². The summed E-state index contributed by atoms with van der Waals surface area (Å²) in [6.07, 6.45) is 2.10. The highest BCUT2D eigenvalue weighted by Crippen LogP contribution is 2.29. The quantitative estimate of drug-likeness (QED) is 0.724. The van der Waals surface area contributed by atoms with Crippen molar-refractivity contribution in [3.05, 3.63) is 40.4 Å². The van der Waals surface area contributed by atoms with Crippen LogP contribution in [0, 0.1) is 5.92 Å². The molecule has 2 amide bonds. The van der Waals surface area contributed by atoms with E-state index in [0.717, 1.165) is 23.4 Å². The Hall–Kier alpha value is -2.50. The lowest BCUT2D eigenvalue weighted by Crippen LogP contribution is -2.39. The van der Waals surface area contributed by atoms with Crippen molar-refractivity contribution in [2.75, 3.05) is 32.1 Å². The number of methoxy groups -OCH3 is 1. The van der Waals surface area contributed by atoms with E-state index in [9.17, 15) is 18.0 Å². The topological polar surface area (TPSA) is 109 Å². The van der Waals surface area contributed by atoms with Gasteiger partial charge in [-0.05, 0) is 43.0 Å². The lowest BCUT2D eigenvalue weighted by Gasteiger charge is -2.30. The molecular weight excluding hydrogens is 452 g/mol. The summed E-state index contributed by atoms with van der Waals surface area (Å²) in [6.45, 7) is 4.02. The van der Waals surface area contributed by atoms with E-state index < -0.39 is 10.0 Å². The van der Waals surface area contributed by atoms with Crippen LogP contribution in [0.25, 0.3) is 0 Å². The van der Waals surface area contributed by atoms with E-state index >= 15 is 0 Å². The van der Waals surface area contributed by atoms with E-state index in [2.05, 4.69) is 17.2 Å². The smallest absolute Gasteiger partial charge is 0.409 e. The summed E-state index contributed by atoms with van der Waals surface area (Å²) in [6, 6.07) is 5.99. The molecule has 2 aromatic rings. The molecule has 3 heterocycles.